The average molecular weight is 629 g/mol. The molecule has 0 unspecified atom stereocenters. The molecule has 0 aromatic carbocycles. The summed E-state index contributed by atoms with van der Waals surface area (Å²) in [5.41, 5.74) is 5.40. The van der Waals surface area contributed by atoms with Crippen molar-refractivity contribution in [2.24, 2.45) is 5.73 Å². The number of hydroxylamine groups is 6. The molecule has 254 valence electrons. The first-order valence-corrected chi connectivity index (χ1v) is 16.0. The Hall–Kier alpha value is -3.07. The number of hydrogen-bond donors (Lipinski definition) is 6. The molecule has 14 nitrogen and oxygen atoms in total. The van der Waals surface area contributed by atoms with E-state index in [1.54, 1.807) is 6.08 Å². The average Bonchev–Trinajstić information content (AvgIpc) is 3.01. The third-order valence-corrected chi connectivity index (χ3v) is 6.72. The van der Waals surface area contributed by atoms with Gasteiger partial charge in [-0.25, -0.2) is 15.2 Å². The Morgan fingerprint density at radius 3 is 1.45 bits per heavy atom. The lowest BCUT2D eigenvalue weighted by Gasteiger charge is -2.15. The number of carbonyl (C=O) groups is 5. The summed E-state index contributed by atoms with van der Waals surface area (Å²) in [7, 11) is 0. The quantitative estimate of drug-likeness (QED) is 0.0342. The molecule has 0 rings (SSSR count). The smallest absolute Gasteiger partial charge is 0.249 e. The van der Waals surface area contributed by atoms with Crippen molar-refractivity contribution < 1.29 is 39.6 Å². The molecule has 0 aromatic rings. The molecular weight excluding hydrogens is 572 g/mol. The number of nitrogens with one attached hydrogen (secondary N) is 2. The van der Waals surface area contributed by atoms with Crippen molar-refractivity contribution in [3.05, 3.63) is 12.2 Å². The Morgan fingerprint density at radius 2 is 1.02 bits per heavy atom. The molecule has 7 N–H and O–H groups in total. The molecular formula is C30H56N6O8. The summed E-state index contributed by atoms with van der Waals surface area (Å²) in [6, 6.07) is 0. The fourth-order valence-electron chi connectivity index (χ4n) is 3.99. The van der Waals surface area contributed by atoms with Crippen molar-refractivity contribution in [1.29, 1.82) is 0 Å². The van der Waals surface area contributed by atoms with Gasteiger partial charge >= 0.3 is 0 Å². The van der Waals surface area contributed by atoms with Crippen molar-refractivity contribution in [1.82, 2.24) is 25.8 Å². The van der Waals surface area contributed by atoms with Gasteiger partial charge in [0, 0.05) is 64.8 Å². The molecule has 0 spiro atoms. The molecule has 0 atom stereocenters. The molecule has 0 aliphatic carbocycles. The second-order valence-electron chi connectivity index (χ2n) is 10.7. The van der Waals surface area contributed by atoms with Gasteiger partial charge in [-0.2, -0.15) is 0 Å². The van der Waals surface area contributed by atoms with E-state index in [0.29, 0.717) is 74.7 Å². The monoisotopic (exact) mass is 628 g/mol. The molecule has 0 aliphatic heterocycles. The van der Waals surface area contributed by atoms with Crippen LogP contribution in [0.2, 0.25) is 0 Å². The fourth-order valence-corrected chi connectivity index (χ4v) is 3.99. The van der Waals surface area contributed by atoms with E-state index >= 15 is 0 Å². The molecule has 0 bridgehead atoms. The van der Waals surface area contributed by atoms with E-state index in [-0.39, 0.29) is 69.5 Å². The SMILES string of the molecule is CCCC=CCC(=O)N(O)CCCCCNC(=O)CCC(=O)N(O)CCCCCNC(=O)CCC(=O)N(O)CCCCCN. The highest BCUT2D eigenvalue weighted by Crippen LogP contribution is 2.04. The van der Waals surface area contributed by atoms with E-state index in [4.69, 9.17) is 5.73 Å². The van der Waals surface area contributed by atoms with Crippen molar-refractivity contribution >= 4 is 29.5 Å². The molecule has 0 saturated heterocycles. The molecule has 14 heteroatoms. The van der Waals surface area contributed by atoms with Gasteiger partial charge in [-0.15, -0.1) is 0 Å². The minimum Gasteiger partial charge on any atom is -0.356 e. The summed E-state index contributed by atoms with van der Waals surface area (Å²) in [6.07, 6.45) is 11.5. The van der Waals surface area contributed by atoms with Gasteiger partial charge in [0.1, 0.15) is 0 Å². The lowest BCUT2D eigenvalue weighted by atomic mass is 10.2. The summed E-state index contributed by atoms with van der Waals surface area (Å²) in [5.74, 6) is -1.98. The zero-order valence-electron chi connectivity index (χ0n) is 26.5. The van der Waals surface area contributed by atoms with Gasteiger partial charge in [-0.3, -0.25) is 39.6 Å². The Morgan fingerprint density at radius 1 is 0.591 bits per heavy atom. The van der Waals surface area contributed by atoms with Crippen LogP contribution in [0.3, 0.4) is 0 Å². The van der Waals surface area contributed by atoms with Gasteiger partial charge < -0.3 is 16.4 Å². The summed E-state index contributed by atoms with van der Waals surface area (Å²) in [5, 5.41) is 36.8. The number of nitrogens with two attached hydrogens (primary N) is 1. The first-order chi connectivity index (χ1) is 21.1. The number of carbonyl (C=O) groups excluding carboxylic acids is 5. The maximum absolute atomic E-state index is 12.1. The van der Waals surface area contributed by atoms with E-state index < -0.39 is 11.8 Å². The lowest BCUT2D eigenvalue weighted by Crippen LogP contribution is -2.31. The van der Waals surface area contributed by atoms with Crippen LogP contribution in [0.4, 0.5) is 0 Å². The Bertz CT molecular complexity index is 857. The van der Waals surface area contributed by atoms with Crippen molar-refractivity contribution in [2.75, 3.05) is 39.3 Å². The van der Waals surface area contributed by atoms with E-state index in [1.807, 2.05) is 13.0 Å². The lowest BCUT2D eigenvalue weighted by molar-refractivity contribution is -0.166. The normalized spacial score (nSPS) is 10.9. The highest BCUT2D eigenvalue weighted by molar-refractivity contribution is 5.83. The van der Waals surface area contributed by atoms with Gasteiger partial charge in [-0.1, -0.05) is 31.9 Å². The van der Waals surface area contributed by atoms with Gasteiger partial charge in [-0.05, 0) is 64.3 Å². The zero-order chi connectivity index (χ0) is 33.0. The van der Waals surface area contributed by atoms with Crippen LogP contribution < -0.4 is 16.4 Å². The van der Waals surface area contributed by atoms with Gasteiger partial charge in [0.2, 0.25) is 29.5 Å². The third kappa shape index (κ3) is 23.4. The standard InChI is InChI=1S/C30H56N6O8/c1-2-3-4-8-15-28(39)34(42)24-13-6-10-21-32-27(38)17-19-30(41)36(44)25-14-7-11-22-33-26(37)16-18-29(40)35(43)23-12-5-9-20-31/h4,8,42-44H,2-3,5-7,9-25,31H2,1H3,(H,32,38)(H,33,37). The summed E-state index contributed by atoms with van der Waals surface area (Å²) >= 11 is 0. The van der Waals surface area contributed by atoms with E-state index in [0.717, 1.165) is 30.7 Å². The minimum atomic E-state index is -0.548. The zero-order valence-corrected chi connectivity index (χ0v) is 26.5. The van der Waals surface area contributed by atoms with Crippen molar-refractivity contribution in [3.63, 3.8) is 0 Å². The number of hydrogen-bond acceptors (Lipinski definition) is 9. The third-order valence-electron chi connectivity index (χ3n) is 6.72. The number of rotatable bonds is 27. The van der Waals surface area contributed by atoms with Crippen LogP contribution in [0, 0.1) is 0 Å². The summed E-state index contributed by atoms with van der Waals surface area (Å²) in [4.78, 5) is 59.6. The largest absolute Gasteiger partial charge is 0.356 e. The van der Waals surface area contributed by atoms with Crippen LogP contribution in [0.25, 0.3) is 0 Å². The van der Waals surface area contributed by atoms with Gasteiger partial charge in [0.25, 0.3) is 0 Å². The van der Waals surface area contributed by atoms with E-state index in [2.05, 4.69) is 10.6 Å². The fraction of sp³-hybridized carbons (Fsp3) is 0.767. The molecule has 44 heavy (non-hydrogen) atoms. The first-order valence-electron chi connectivity index (χ1n) is 16.0. The second-order valence-corrected chi connectivity index (χ2v) is 10.7. The maximum atomic E-state index is 12.1. The van der Waals surface area contributed by atoms with Gasteiger partial charge in [0.05, 0.1) is 0 Å². The van der Waals surface area contributed by atoms with Crippen molar-refractivity contribution in [3.8, 4) is 0 Å². The minimum absolute atomic E-state index is 0.0205. The van der Waals surface area contributed by atoms with Crippen LogP contribution >= 0.6 is 0 Å². The van der Waals surface area contributed by atoms with Crippen LogP contribution in [-0.2, 0) is 24.0 Å². The number of allylic oxidation sites excluding steroid dienone is 1. The predicted molar refractivity (Wildman–Crippen MR) is 164 cm³/mol. The topological polar surface area (TPSA) is 206 Å². The van der Waals surface area contributed by atoms with Crippen LogP contribution in [-0.4, -0.2) is 99.6 Å². The summed E-state index contributed by atoms with van der Waals surface area (Å²) in [6.45, 7) is 3.97. The number of unbranched alkanes of at least 4 members (excludes halogenated alkanes) is 7. The van der Waals surface area contributed by atoms with Gasteiger partial charge in [0.15, 0.2) is 0 Å². The number of nitrogens with zero attached hydrogens (tertiary/aromatic N) is 3. The van der Waals surface area contributed by atoms with Crippen LogP contribution in [0.15, 0.2) is 12.2 Å². The highest BCUT2D eigenvalue weighted by Gasteiger charge is 2.14. The van der Waals surface area contributed by atoms with E-state index in [1.165, 1.54) is 0 Å². The first kappa shape index (κ1) is 40.9. The maximum Gasteiger partial charge on any atom is 0.249 e. The molecule has 0 radical (unpaired) electrons. The molecule has 0 aliphatic rings. The Kier molecular flexibility index (Phi) is 25.6. The van der Waals surface area contributed by atoms with Crippen LogP contribution in [0.1, 0.15) is 110 Å². The van der Waals surface area contributed by atoms with Crippen LogP contribution in [0.5, 0.6) is 0 Å². The molecule has 0 heterocycles. The predicted octanol–water partition coefficient (Wildman–Crippen LogP) is 2.65. The number of amides is 5. The van der Waals surface area contributed by atoms with E-state index in [9.17, 15) is 39.6 Å². The molecule has 0 saturated carbocycles. The Balaban J connectivity index is 3.79. The molecule has 0 aromatic heterocycles. The second kappa shape index (κ2) is 27.5. The highest BCUT2D eigenvalue weighted by atomic mass is 16.5. The molecule has 0 fully saturated rings. The van der Waals surface area contributed by atoms with Crippen molar-refractivity contribution in [2.45, 2.75) is 110 Å². The molecule has 5 amide bonds. The Labute approximate surface area is 261 Å². The summed E-state index contributed by atoms with van der Waals surface area (Å²) < 4.78 is 0.